The molecule has 0 saturated heterocycles. The van der Waals surface area contributed by atoms with E-state index in [1.807, 2.05) is 97.1 Å². The van der Waals surface area contributed by atoms with Crippen LogP contribution in [0.4, 0.5) is 9.59 Å². The van der Waals surface area contributed by atoms with Crippen LogP contribution < -0.4 is 53.6 Å². The lowest BCUT2D eigenvalue weighted by Gasteiger charge is -2.46. The largest absolute Gasteiger partial charge is 0.448 e. The molecule has 4 aromatic carbocycles. The highest BCUT2D eigenvalue weighted by molar-refractivity contribution is 8.15. The molecule has 128 heavy (non-hydrogen) atoms. The number of nitrogens with zero attached hydrogens (tertiary/aromatic N) is 3. The van der Waals surface area contributed by atoms with E-state index >= 15 is 33.6 Å². The highest BCUT2D eigenvalue weighted by Crippen LogP contribution is 2.66. The first-order chi connectivity index (χ1) is 60.8. The summed E-state index contributed by atoms with van der Waals surface area (Å²) in [6.07, 6.45) is 14.9. The second kappa shape index (κ2) is 43.6. The van der Waals surface area contributed by atoms with Crippen molar-refractivity contribution in [1.29, 1.82) is 0 Å². The zero-order valence-electron chi connectivity index (χ0n) is 75.4. The number of carbonyl (C=O) groups excluding carboxylic acids is 14. The first-order valence-electron chi connectivity index (χ1n) is 45.4. The van der Waals surface area contributed by atoms with Gasteiger partial charge < -0.3 is 68.0 Å². The number of nitrogens with two attached hydrogens (primary N) is 1. The first-order valence-corrected chi connectivity index (χ1v) is 51.6. The second-order valence-corrected chi connectivity index (χ2v) is 47.9. The fraction of sp³-hybridized carbons (Fsp3) is 0.564. The molecule has 0 aliphatic heterocycles. The molecule has 0 unspecified atom stereocenters. The van der Waals surface area contributed by atoms with Gasteiger partial charge >= 0.3 is 12.2 Å². The Kier molecular flexibility index (Phi) is 33.6. The number of hydrogen-bond donors (Lipinski definition) is 11. The Labute approximate surface area is 760 Å². The minimum Gasteiger partial charge on any atom is -0.448 e. The Morgan fingerprint density at radius 1 is 0.430 bits per heavy atom. The van der Waals surface area contributed by atoms with Gasteiger partial charge in [-0.2, -0.15) is 0 Å². The molecule has 11 rings (SSSR count). The molecule has 1 aromatic heterocycles. The fourth-order valence-corrected chi connectivity index (χ4v) is 31.7. The highest BCUT2D eigenvalue weighted by Gasteiger charge is 2.54. The predicted octanol–water partition coefficient (Wildman–Crippen LogP) is 10.3. The molecular weight excluding hydrogens is 1710 g/mol. The van der Waals surface area contributed by atoms with E-state index in [0.29, 0.717) is 62.0 Å². The summed E-state index contributed by atoms with van der Waals surface area (Å²) in [6.45, 7) is 14.2. The SMILES string of the molecule is CC(=O)N[C@@H](C)C(=O)NC(C)(C)C(=O)N[C@@H](C)C(=O)N(C(=O)OCC1c2ccccc2-c2ccccc21)[C@@H](CP(=S)(C1CCCCC1)C1CCCCC1)C(=O)N(C(=O)OCC1c2ccccc2-c2ccccc21)[C@@H](CP(=S)(C1CCCCC1)C1CCCCC1)C(=O)N[C@@H](C)C(=O)N[C@@H](C)C(=O)N[C@@H](Cc1c[nH]cn1)C(=O)N[C@@H](C)C(=O)NC(C)(C)C(=O)N[C@@H](C)C(N)=O. The molecule has 0 radical (unpaired) electrons. The summed E-state index contributed by atoms with van der Waals surface area (Å²) in [5.41, 5.74) is 8.34. The molecular formula is C94H128N14O16P2S2. The average Bonchev–Trinajstić information content (AvgIpc) is 1.40. The van der Waals surface area contributed by atoms with Crippen molar-refractivity contribution in [3.05, 3.63) is 138 Å². The third kappa shape index (κ3) is 23.6. The molecule has 4 saturated carbocycles. The van der Waals surface area contributed by atoms with Crippen molar-refractivity contribution in [2.45, 2.75) is 311 Å². The minimum absolute atomic E-state index is 0.154. The number of hydrogen-bond acceptors (Lipinski definition) is 19. The number of primary amides is 1. The molecule has 1 heterocycles. The molecule has 6 aliphatic carbocycles. The maximum absolute atomic E-state index is 18.3. The van der Waals surface area contributed by atoms with Gasteiger partial charge in [0.15, 0.2) is 0 Å². The zero-order valence-corrected chi connectivity index (χ0v) is 78.8. The molecule has 5 aromatic rings. The molecule has 692 valence electrons. The zero-order chi connectivity index (χ0) is 92.7. The van der Waals surface area contributed by atoms with Crippen LogP contribution in [0.2, 0.25) is 0 Å². The van der Waals surface area contributed by atoms with Crippen molar-refractivity contribution < 1.29 is 76.6 Å². The third-order valence-electron chi connectivity index (χ3n) is 26.6. The van der Waals surface area contributed by atoms with Crippen molar-refractivity contribution in [2.75, 3.05) is 25.5 Å². The summed E-state index contributed by atoms with van der Waals surface area (Å²) in [5, 5.41) is 23.7. The Balaban J connectivity index is 1.03. The second-order valence-electron chi connectivity index (χ2n) is 36.8. The van der Waals surface area contributed by atoms with E-state index in [2.05, 4.69) is 57.8 Å². The van der Waals surface area contributed by atoms with E-state index < -0.39 is 179 Å². The molecule has 6 aliphatic rings. The summed E-state index contributed by atoms with van der Waals surface area (Å²) in [7, 11) is 0. The van der Waals surface area contributed by atoms with Crippen LogP contribution in [-0.2, 0) is 97.0 Å². The minimum atomic E-state index is -3.19. The van der Waals surface area contributed by atoms with E-state index in [9.17, 15) is 33.6 Å². The van der Waals surface area contributed by atoms with E-state index in [-0.39, 0.29) is 48.0 Å². The number of aromatic amines is 1. The van der Waals surface area contributed by atoms with Crippen LogP contribution in [0.15, 0.2) is 110 Å². The van der Waals surface area contributed by atoms with Gasteiger partial charge in [-0.15, -0.1) is 0 Å². The van der Waals surface area contributed by atoms with Gasteiger partial charge in [-0.3, -0.25) is 57.5 Å². The number of H-pyrrole nitrogens is 1. The van der Waals surface area contributed by atoms with Crippen molar-refractivity contribution in [3.8, 4) is 22.3 Å². The molecule has 4 fully saturated rings. The van der Waals surface area contributed by atoms with Crippen LogP contribution in [-0.4, -0.2) is 216 Å². The van der Waals surface area contributed by atoms with Crippen LogP contribution in [0.3, 0.4) is 0 Å². The van der Waals surface area contributed by atoms with Gasteiger partial charge in [0, 0.05) is 43.7 Å². The van der Waals surface area contributed by atoms with Crippen molar-refractivity contribution in [2.24, 2.45) is 5.73 Å². The van der Waals surface area contributed by atoms with E-state index in [1.165, 1.54) is 88.7 Å². The average molecular weight is 1840 g/mol. The first kappa shape index (κ1) is 98.6. The summed E-state index contributed by atoms with van der Waals surface area (Å²) in [5.74, 6) is -11.9. The lowest BCUT2D eigenvalue weighted by molar-refractivity contribution is -0.147. The standard InChI is InChI=1S/C94H128N14O16P2S2/c1-55(80(95)110)102-89(119)93(8,9)106-84(114)59(5)100-85(115)77(48-62-49-96-54-97-62)104-82(112)57(3)99-81(111)56(2)101-86(116)78(52-125(127,63-32-16-12-17-33-63)64-34-18-13-19-35-64)107(91(121)123-50-75-71-44-28-24-40-67(71)68-41-25-29-45-72(68)75)88(118)79(53-126(128,65-36-20-14-21-37-65)66-38-22-15-23-39-66)108(87(117)60(6)103-90(120)94(10,11)105-83(113)58(4)98-61(7)109)92(122)124-51-76-73-46-30-26-42-69(73)70-43-27-31-47-74(70)76/h24-31,40-47,49,54-60,63-66,75-79H,12-23,32-39,48,50-53H2,1-11H3,(H2,95,110)(H,96,97)(H,98,109)(H,99,111)(H,100,115)(H,101,116)(H,102,119)(H,103,120)(H,104,112)(H,105,113)(H,106,114)/t55-,56-,57-,58-,59-,60-,77-,78-,79-/m0/s1. The number of aromatic nitrogens is 2. The number of rotatable bonds is 36. The Bertz CT molecular complexity index is 4890. The van der Waals surface area contributed by atoms with Crippen LogP contribution in [0.25, 0.3) is 22.3 Å². The summed E-state index contributed by atoms with van der Waals surface area (Å²) in [6, 6.07) is 10.5. The number of ether oxygens (including phenoxy) is 2. The van der Waals surface area contributed by atoms with E-state index in [0.717, 1.165) is 126 Å². The van der Waals surface area contributed by atoms with E-state index in [4.69, 9.17) is 38.8 Å². The molecule has 14 amide bonds. The number of nitrogens with one attached hydrogen (secondary N) is 10. The number of amides is 14. The third-order valence-corrected chi connectivity index (χ3v) is 39.9. The highest BCUT2D eigenvalue weighted by atomic mass is 32.4. The Morgan fingerprint density at radius 2 is 0.766 bits per heavy atom. The number of benzene rings is 4. The Morgan fingerprint density at radius 3 is 1.14 bits per heavy atom. The summed E-state index contributed by atoms with van der Waals surface area (Å²) >= 11 is 14.8. The number of imidazole rings is 1. The summed E-state index contributed by atoms with van der Waals surface area (Å²) < 4.78 is 13.4. The van der Waals surface area contributed by atoms with Crippen LogP contribution in [0.1, 0.15) is 244 Å². The van der Waals surface area contributed by atoms with Crippen LogP contribution in [0.5, 0.6) is 0 Å². The van der Waals surface area contributed by atoms with Crippen molar-refractivity contribution in [3.63, 3.8) is 0 Å². The normalized spacial score (nSPS) is 18.0. The number of imide groups is 2. The fourth-order valence-electron chi connectivity index (χ4n) is 19.3. The Hall–Kier alpha value is -10.0. The lowest BCUT2D eigenvalue weighted by atomic mass is 9.98. The lowest BCUT2D eigenvalue weighted by Crippen LogP contribution is -2.65. The van der Waals surface area contributed by atoms with Gasteiger partial charge in [-0.05, 0) is 200 Å². The molecule has 0 bridgehead atoms. The quantitative estimate of drug-likeness (QED) is 0.0166. The number of fused-ring (bicyclic) bond motifs is 6. The number of carbonyl (C=O) groups is 14. The smallest absolute Gasteiger partial charge is 0.417 e. The van der Waals surface area contributed by atoms with Gasteiger partial charge in [0.05, 0.1) is 12.0 Å². The van der Waals surface area contributed by atoms with Gasteiger partial charge in [-0.25, -0.2) is 24.4 Å². The van der Waals surface area contributed by atoms with Crippen LogP contribution >= 0.6 is 12.1 Å². The van der Waals surface area contributed by atoms with Crippen molar-refractivity contribution >= 4 is 119 Å². The van der Waals surface area contributed by atoms with Crippen molar-refractivity contribution in [1.82, 2.24) is 67.6 Å². The predicted molar refractivity (Wildman–Crippen MR) is 496 cm³/mol. The summed E-state index contributed by atoms with van der Waals surface area (Å²) in [4.78, 5) is 218. The molecule has 0 spiro atoms. The maximum Gasteiger partial charge on any atom is 0.417 e. The monoisotopic (exact) mass is 1830 g/mol. The molecule has 9 atom stereocenters. The molecule has 34 heteroatoms. The maximum atomic E-state index is 18.3. The van der Waals surface area contributed by atoms with Gasteiger partial charge in [-0.1, -0.05) is 198 Å². The van der Waals surface area contributed by atoms with Gasteiger partial charge in [0.1, 0.15) is 78.7 Å². The van der Waals surface area contributed by atoms with Gasteiger partial charge in [0.2, 0.25) is 59.1 Å². The van der Waals surface area contributed by atoms with Gasteiger partial charge in [0.25, 0.3) is 11.8 Å². The topological polar surface area (TPSA) is 427 Å². The molecule has 30 nitrogen and oxygen atoms in total. The molecule has 12 N–H and O–H groups in total. The van der Waals surface area contributed by atoms with E-state index in [1.54, 1.807) is 0 Å². The van der Waals surface area contributed by atoms with Crippen LogP contribution in [0, 0.1) is 0 Å².